The molecule has 0 bridgehead atoms. The molecular formula is C14H28N2O. The lowest BCUT2D eigenvalue weighted by Crippen LogP contribution is -2.59. The SMILES string of the molecule is CCC1CNC(C(C)C)CN1CC1CCCO1. The first-order valence-electron chi connectivity index (χ1n) is 7.29. The third-order valence-corrected chi connectivity index (χ3v) is 4.30. The third kappa shape index (κ3) is 3.43. The van der Waals surface area contributed by atoms with Crippen LogP contribution in [0.2, 0.25) is 0 Å². The quantitative estimate of drug-likeness (QED) is 0.812. The van der Waals surface area contributed by atoms with Crippen molar-refractivity contribution in [1.29, 1.82) is 0 Å². The van der Waals surface area contributed by atoms with E-state index >= 15 is 0 Å². The Morgan fingerprint density at radius 2 is 2.24 bits per heavy atom. The summed E-state index contributed by atoms with van der Waals surface area (Å²) in [7, 11) is 0. The van der Waals surface area contributed by atoms with Crippen molar-refractivity contribution in [2.45, 2.75) is 58.2 Å². The zero-order chi connectivity index (χ0) is 12.3. The normalized spacial score (nSPS) is 35.6. The number of nitrogens with zero attached hydrogens (tertiary/aromatic N) is 1. The lowest BCUT2D eigenvalue weighted by molar-refractivity contribution is 0.0333. The second-order valence-electron chi connectivity index (χ2n) is 5.91. The van der Waals surface area contributed by atoms with Gasteiger partial charge in [-0.25, -0.2) is 0 Å². The standard InChI is InChI=1S/C14H28N2O/c1-4-12-8-15-14(11(2)3)10-16(12)9-13-6-5-7-17-13/h11-15H,4-10H2,1-3H3. The molecule has 0 spiro atoms. The van der Waals surface area contributed by atoms with Gasteiger partial charge >= 0.3 is 0 Å². The highest BCUT2D eigenvalue weighted by Crippen LogP contribution is 2.19. The largest absolute Gasteiger partial charge is 0.377 e. The van der Waals surface area contributed by atoms with E-state index in [0.717, 1.165) is 25.6 Å². The number of hydrogen-bond acceptors (Lipinski definition) is 3. The van der Waals surface area contributed by atoms with Crippen molar-refractivity contribution >= 4 is 0 Å². The highest BCUT2D eigenvalue weighted by atomic mass is 16.5. The van der Waals surface area contributed by atoms with Gasteiger partial charge in [-0.2, -0.15) is 0 Å². The number of piperazine rings is 1. The molecule has 2 heterocycles. The summed E-state index contributed by atoms with van der Waals surface area (Å²) >= 11 is 0. The Morgan fingerprint density at radius 3 is 2.82 bits per heavy atom. The van der Waals surface area contributed by atoms with E-state index in [1.807, 2.05) is 0 Å². The minimum absolute atomic E-state index is 0.495. The molecule has 0 aromatic carbocycles. The summed E-state index contributed by atoms with van der Waals surface area (Å²) in [6.07, 6.45) is 4.24. The number of ether oxygens (including phenoxy) is 1. The van der Waals surface area contributed by atoms with Crippen LogP contribution >= 0.6 is 0 Å². The van der Waals surface area contributed by atoms with Crippen molar-refractivity contribution in [2.24, 2.45) is 5.92 Å². The number of nitrogens with one attached hydrogen (secondary N) is 1. The maximum Gasteiger partial charge on any atom is 0.0702 e. The third-order valence-electron chi connectivity index (χ3n) is 4.30. The molecule has 2 saturated heterocycles. The molecule has 2 aliphatic rings. The van der Waals surface area contributed by atoms with Gasteiger partial charge in [0, 0.05) is 38.3 Å². The molecule has 3 nitrogen and oxygen atoms in total. The predicted molar refractivity (Wildman–Crippen MR) is 71.3 cm³/mol. The summed E-state index contributed by atoms with van der Waals surface area (Å²) < 4.78 is 5.78. The summed E-state index contributed by atoms with van der Waals surface area (Å²) in [5.74, 6) is 0.722. The zero-order valence-electron chi connectivity index (χ0n) is 11.6. The second kappa shape index (κ2) is 6.17. The van der Waals surface area contributed by atoms with Gasteiger partial charge in [-0.15, -0.1) is 0 Å². The smallest absolute Gasteiger partial charge is 0.0702 e. The minimum Gasteiger partial charge on any atom is -0.377 e. The van der Waals surface area contributed by atoms with Crippen LogP contribution in [0.1, 0.15) is 40.0 Å². The zero-order valence-corrected chi connectivity index (χ0v) is 11.6. The number of hydrogen-bond donors (Lipinski definition) is 1. The van der Waals surface area contributed by atoms with Crippen molar-refractivity contribution in [3.63, 3.8) is 0 Å². The van der Waals surface area contributed by atoms with E-state index in [1.54, 1.807) is 0 Å². The van der Waals surface area contributed by atoms with Crippen molar-refractivity contribution in [3.8, 4) is 0 Å². The lowest BCUT2D eigenvalue weighted by Gasteiger charge is -2.42. The fourth-order valence-corrected chi connectivity index (χ4v) is 3.01. The van der Waals surface area contributed by atoms with Crippen LogP contribution in [0, 0.1) is 5.92 Å². The van der Waals surface area contributed by atoms with Crippen LogP contribution in [0.4, 0.5) is 0 Å². The van der Waals surface area contributed by atoms with Crippen LogP contribution in [0.3, 0.4) is 0 Å². The summed E-state index contributed by atoms with van der Waals surface area (Å²) in [6.45, 7) is 11.4. The first-order chi connectivity index (χ1) is 8.20. The molecule has 2 rings (SSSR count). The van der Waals surface area contributed by atoms with E-state index in [1.165, 1.54) is 25.8 Å². The fourth-order valence-electron chi connectivity index (χ4n) is 3.01. The molecule has 17 heavy (non-hydrogen) atoms. The molecule has 0 aromatic rings. The monoisotopic (exact) mass is 240 g/mol. The van der Waals surface area contributed by atoms with Gasteiger partial charge in [0.05, 0.1) is 6.10 Å². The van der Waals surface area contributed by atoms with Gasteiger partial charge in [0.2, 0.25) is 0 Å². The van der Waals surface area contributed by atoms with Gasteiger partial charge in [0.25, 0.3) is 0 Å². The van der Waals surface area contributed by atoms with E-state index in [0.29, 0.717) is 18.2 Å². The first-order valence-corrected chi connectivity index (χ1v) is 7.29. The van der Waals surface area contributed by atoms with Gasteiger partial charge < -0.3 is 10.1 Å². The molecule has 2 fully saturated rings. The molecule has 0 aromatic heterocycles. The Kier molecular flexibility index (Phi) is 4.83. The molecule has 100 valence electrons. The van der Waals surface area contributed by atoms with Crippen molar-refractivity contribution < 1.29 is 4.74 Å². The van der Waals surface area contributed by atoms with Gasteiger partial charge in [-0.05, 0) is 25.2 Å². The average molecular weight is 240 g/mol. The van der Waals surface area contributed by atoms with E-state index in [-0.39, 0.29) is 0 Å². The topological polar surface area (TPSA) is 24.5 Å². The Labute approximate surface area is 106 Å². The van der Waals surface area contributed by atoms with Gasteiger partial charge in [-0.3, -0.25) is 4.90 Å². The van der Waals surface area contributed by atoms with Crippen LogP contribution in [-0.4, -0.2) is 49.3 Å². The lowest BCUT2D eigenvalue weighted by atomic mass is 9.98. The molecule has 3 atom stereocenters. The Bertz CT molecular complexity index is 224. The second-order valence-corrected chi connectivity index (χ2v) is 5.91. The molecule has 0 radical (unpaired) electrons. The summed E-state index contributed by atoms with van der Waals surface area (Å²) in [4.78, 5) is 2.66. The van der Waals surface area contributed by atoms with Crippen molar-refractivity contribution in [3.05, 3.63) is 0 Å². The Morgan fingerprint density at radius 1 is 1.41 bits per heavy atom. The first kappa shape index (κ1) is 13.3. The summed E-state index contributed by atoms with van der Waals surface area (Å²) in [5, 5.41) is 3.69. The van der Waals surface area contributed by atoms with E-state index in [4.69, 9.17) is 4.74 Å². The molecule has 3 heteroatoms. The van der Waals surface area contributed by atoms with Crippen LogP contribution in [0.15, 0.2) is 0 Å². The Hall–Kier alpha value is -0.120. The van der Waals surface area contributed by atoms with E-state index in [2.05, 4.69) is 31.0 Å². The minimum atomic E-state index is 0.495. The molecule has 0 aliphatic carbocycles. The van der Waals surface area contributed by atoms with Gasteiger partial charge in [-0.1, -0.05) is 20.8 Å². The van der Waals surface area contributed by atoms with Crippen LogP contribution in [0.25, 0.3) is 0 Å². The van der Waals surface area contributed by atoms with Crippen LogP contribution < -0.4 is 5.32 Å². The van der Waals surface area contributed by atoms with E-state index in [9.17, 15) is 0 Å². The van der Waals surface area contributed by atoms with Crippen molar-refractivity contribution in [2.75, 3.05) is 26.2 Å². The molecule has 0 saturated carbocycles. The van der Waals surface area contributed by atoms with Crippen LogP contribution in [-0.2, 0) is 4.74 Å². The van der Waals surface area contributed by atoms with Crippen molar-refractivity contribution in [1.82, 2.24) is 10.2 Å². The maximum absolute atomic E-state index is 5.78. The molecule has 3 unspecified atom stereocenters. The Balaban J connectivity index is 1.89. The van der Waals surface area contributed by atoms with Gasteiger partial charge in [0.15, 0.2) is 0 Å². The summed E-state index contributed by atoms with van der Waals surface area (Å²) in [6, 6.07) is 1.36. The molecular weight excluding hydrogens is 212 g/mol. The highest BCUT2D eigenvalue weighted by molar-refractivity contribution is 4.88. The average Bonchev–Trinajstić information content (AvgIpc) is 2.81. The van der Waals surface area contributed by atoms with Gasteiger partial charge in [0.1, 0.15) is 0 Å². The van der Waals surface area contributed by atoms with E-state index < -0.39 is 0 Å². The summed E-state index contributed by atoms with van der Waals surface area (Å²) in [5.41, 5.74) is 0. The number of rotatable bonds is 4. The molecule has 2 aliphatic heterocycles. The fraction of sp³-hybridized carbons (Fsp3) is 1.00. The molecule has 0 amide bonds. The maximum atomic E-state index is 5.78. The van der Waals surface area contributed by atoms with Crippen LogP contribution in [0.5, 0.6) is 0 Å². The molecule has 1 N–H and O–H groups in total. The highest BCUT2D eigenvalue weighted by Gasteiger charge is 2.30. The predicted octanol–water partition coefficient (Wildman–Crippen LogP) is 1.87.